The quantitative estimate of drug-likeness (QED) is 0.645. The molecule has 3 heteroatoms. The SMILES string of the molecule is NC(=O)C1=NC=CC2CCCCC12. The van der Waals surface area contributed by atoms with Gasteiger partial charge in [0, 0.05) is 12.1 Å². The molecule has 0 aromatic carbocycles. The van der Waals surface area contributed by atoms with Crippen LogP contribution >= 0.6 is 0 Å². The number of fused-ring (bicyclic) bond motifs is 1. The lowest BCUT2D eigenvalue weighted by atomic mass is 9.75. The molecule has 0 aromatic heterocycles. The van der Waals surface area contributed by atoms with Gasteiger partial charge in [-0.3, -0.25) is 9.79 Å². The number of primary amides is 1. The van der Waals surface area contributed by atoms with Crippen LogP contribution in [-0.4, -0.2) is 11.6 Å². The van der Waals surface area contributed by atoms with Crippen molar-refractivity contribution in [1.29, 1.82) is 0 Å². The first kappa shape index (κ1) is 8.48. The van der Waals surface area contributed by atoms with E-state index in [2.05, 4.69) is 11.1 Å². The summed E-state index contributed by atoms with van der Waals surface area (Å²) < 4.78 is 0. The van der Waals surface area contributed by atoms with E-state index >= 15 is 0 Å². The maximum absolute atomic E-state index is 11.1. The van der Waals surface area contributed by atoms with E-state index < -0.39 is 0 Å². The van der Waals surface area contributed by atoms with Crippen molar-refractivity contribution in [3.05, 3.63) is 12.3 Å². The summed E-state index contributed by atoms with van der Waals surface area (Å²) in [6.45, 7) is 0. The molecule has 1 saturated carbocycles. The second kappa shape index (κ2) is 3.32. The molecule has 1 aliphatic heterocycles. The molecule has 0 bridgehead atoms. The maximum atomic E-state index is 11.1. The largest absolute Gasteiger partial charge is 0.365 e. The van der Waals surface area contributed by atoms with Gasteiger partial charge in [0.25, 0.3) is 5.91 Å². The molecule has 2 N–H and O–H groups in total. The summed E-state index contributed by atoms with van der Waals surface area (Å²) in [4.78, 5) is 15.1. The van der Waals surface area contributed by atoms with Gasteiger partial charge in [-0.05, 0) is 18.8 Å². The third kappa shape index (κ3) is 1.50. The Labute approximate surface area is 77.7 Å². The topological polar surface area (TPSA) is 55.5 Å². The van der Waals surface area contributed by atoms with E-state index in [0.717, 1.165) is 6.42 Å². The van der Waals surface area contributed by atoms with Crippen LogP contribution in [0.15, 0.2) is 17.3 Å². The van der Waals surface area contributed by atoms with Crippen molar-refractivity contribution in [3.63, 3.8) is 0 Å². The summed E-state index contributed by atoms with van der Waals surface area (Å²) in [7, 11) is 0. The van der Waals surface area contributed by atoms with E-state index in [1.165, 1.54) is 19.3 Å². The van der Waals surface area contributed by atoms with Crippen molar-refractivity contribution in [2.24, 2.45) is 22.6 Å². The van der Waals surface area contributed by atoms with E-state index in [4.69, 9.17) is 5.73 Å². The van der Waals surface area contributed by atoms with Gasteiger partial charge < -0.3 is 5.73 Å². The van der Waals surface area contributed by atoms with Gasteiger partial charge in [-0.2, -0.15) is 0 Å². The van der Waals surface area contributed by atoms with Gasteiger partial charge in [0.05, 0.1) is 0 Å². The molecule has 2 rings (SSSR count). The lowest BCUT2D eigenvalue weighted by Crippen LogP contribution is -2.36. The molecule has 1 amide bonds. The van der Waals surface area contributed by atoms with Crippen LogP contribution in [0.3, 0.4) is 0 Å². The highest BCUT2D eigenvalue weighted by molar-refractivity contribution is 6.39. The number of allylic oxidation sites excluding steroid dienone is 1. The fourth-order valence-electron chi connectivity index (χ4n) is 2.31. The molecule has 1 heterocycles. The number of carbonyl (C=O) groups excluding carboxylic acids is 1. The van der Waals surface area contributed by atoms with Crippen molar-refractivity contribution >= 4 is 11.6 Å². The zero-order valence-electron chi connectivity index (χ0n) is 7.57. The Hall–Kier alpha value is -1.12. The number of hydrogen-bond acceptors (Lipinski definition) is 2. The number of aliphatic imine (C=N–C) groups is 1. The Bertz CT molecular complexity index is 281. The molecule has 70 valence electrons. The van der Waals surface area contributed by atoms with Crippen LogP contribution in [0.2, 0.25) is 0 Å². The molecule has 1 fully saturated rings. The second-order valence-electron chi connectivity index (χ2n) is 3.77. The standard InChI is InChI=1S/C10H14N2O/c11-10(13)9-8-4-2-1-3-7(8)5-6-12-9/h5-8H,1-4H2,(H2,11,13). The Morgan fingerprint density at radius 3 is 3.00 bits per heavy atom. The Kier molecular flexibility index (Phi) is 2.17. The molecular weight excluding hydrogens is 164 g/mol. The minimum absolute atomic E-state index is 0.302. The predicted octanol–water partition coefficient (Wildman–Crippen LogP) is 1.25. The summed E-state index contributed by atoms with van der Waals surface area (Å²) in [6.07, 6.45) is 8.53. The molecule has 0 saturated heterocycles. The van der Waals surface area contributed by atoms with Crippen LogP contribution in [0, 0.1) is 11.8 Å². The van der Waals surface area contributed by atoms with Gasteiger partial charge in [0.1, 0.15) is 5.71 Å². The third-order valence-electron chi connectivity index (χ3n) is 2.97. The highest BCUT2D eigenvalue weighted by Crippen LogP contribution is 2.33. The lowest BCUT2D eigenvalue weighted by molar-refractivity contribution is -0.112. The Morgan fingerprint density at radius 1 is 1.46 bits per heavy atom. The number of carbonyl (C=O) groups is 1. The zero-order valence-corrected chi connectivity index (χ0v) is 7.57. The van der Waals surface area contributed by atoms with Crippen LogP contribution in [-0.2, 0) is 4.79 Å². The van der Waals surface area contributed by atoms with Gasteiger partial charge in [-0.15, -0.1) is 0 Å². The van der Waals surface area contributed by atoms with Crippen LogP contribution < -0.4 is 5.73 Å². The van der Waals surface area contributed by atoms with E-state index in [1.54, 1.807) is 6.20 Å². The second-order valence-corrected chi connectivity index (χ2v) is 3.77. The minimum Gasteiger partial charge on any atom is -0.365 e. The van der Waals surface area contributed by atoms with Crippen LogP contribution in [0.5, 0.6) is 0 Å². The van der Waals surface area contributed by atoms with Gasteiger partial charge in [-0.1, -0.05) is 18.9 Å². The molecule has 2 atom stereocenters. The number of hydrogen-bond donors (Lipinski definition) is 1. The first-order valence-electron chi connectivity index (χ1n) is 4.83. The fourth-order valence-corrected chi connectivity index (χ4v) is 2.31. The lowest BCUT2D eigenvalue weighted by Gasteiger charge is -2.31. The zero-order chi connectivity index (χ0) is 9.26. The van der Waals surface area contributed by atoms with E-state index in [1.807, 2.05) is 0 Å². The van der Waals surface area contributed by atoms with Crippen molar-refractivity contribution in [1.82, 2.24) is 0 Å². The summed E-state index contributed by atoms with van der Waals surface area (Å²) in [6, 6.07) is 0. The third-order valence-corrected chi connectivity index (χ3v) is 2.97. The first-order chi connectivity index (χ1) is 6.29. The van der Waals surface area contributed by atoms with Gasteiger partial charge in [0.2, 0.25) is 0 Å². The number of amides is 1. The molecule has 2 aliphatic rings. The average molecular weight is 178 g/mol. The predicted molar refractivity (Wildman–Crippen MR) is 51.2 cm³/mol. The number of nitrogens with zero attached hydrogens (tertiary/aromatic N) is 1. The van der Waals surface area contributed by atoms with E-state index in [0.29, 0.717) is 17.5 Å². The number of rotatable bonds is 1. The molecule has 3 nitrogen and oxygen atoms in total. The molecule has 0 aromatic rings. The van der Waals surface area contributed by atoms with Gasteiger partial charge >= 0.3 is 0 Å². The van der Waals surface area contributed by atoms with Crippen LogP contribution in [0.1, 0.15) is 25.7 Å². The molecular formula is C10H14N2O. The van der Waals surface area contributed by atoms with E-state index in [9.17, 15) is 4.79 Å². The highest BCUT2D eigenvalue weighted by atomic mass is 16.1. The average Bonchev–Trinajstić information content (AvgIpc) is 2.17. The highest BCUT2D eigenvalue weighted by Gasteiger charge is 2.31. The van der Waals surface area contributed by atoms with Crippen molar-refractivity contribution < 1.29 is 4.79 Å². The summed E-state index contributed by atoms with van der Waals surface area (Å²) in [5.74, 6) is 0.464. The Morgan fingerprint density at radius 2 is 2.23 bits per heavy atom. The normalized spacial score (nSPS) is 32.2. The van der Waals surface area contributed by atoms with Crippen molar-refractivity contribution in [2.45, 2.75) is 25.7 Å². The smallest absolute Gasteiger partial charge is 0.263 e. The fraction of sp³-hybridized carbons (Fsp3) is 0.600. The number of nitrogens with two attached hydrogens (primary N) is 1. The van der Waals surface area contributed by atoms with Crippen molar-refractivity contribution in [2.75, 3.05) is 0 Å². The minimum atomic E-state index is -0.346. The van der Waals surface area contributed by atoms with Crippen molar-refractivity contribution in [3.8, 4) is 0 Å². The Balaban J connectivity index is 2.22. The molecule has 2 unspecified atom stereocenters. The molecule has 13 heavy (non-hydrogen) atoms. The van der Waals surface area contributed by atoms with Gasteiger partial charge in [-0.25, -0.2) is 0 Å². The van der Waals surface area contributed by atoms with E-state index in [-0.39, 0.29) is 5.91 Å². The maximum Gasteiger partial charge on any atom is 0.263 e. The van der Waals surface area contributed by atoms with Crippen LogP contribution in [0.25, 0.3) is 0 Å². The van der Waals surface area contributed by atoms with Crippen LogP contribution in [0.4, 0.5) is 0 Å². The molecule has 0 radical (unpaired) electrons. The monoisotopic (exact) mass is 178 g/mol. The van der Waals surface area contributed by atoms with Gasteiger partial charge in [0.15, 0.2) is 0 Å². The summed E-state index contributed by atoms with van der Waals surface area (Å²) in [5, 5.41) is 0. The summed E-state index contributed by atoms with van der Waals surface area (Å²) >= 11 is 0. The first-order valence-corrected chi connectivity index (χ1v) is 4.83. The summed E-state index contributed by atoms with van der Waals surface area (Å²) in [5.41, 5.74) is 5.86. The molecule has 1 aliphatic carbocycles. The molecule has 0 spiro atoms.